The third kappa shape index (κ3) is 4.32. The molecule has 8 nitrogen and oxygen atoms in total. The summed E-state index contributed by atoms with van der Waals surface area (Å²) in [5, 5.41) is 5.29. The Morgan fingerprint density at radius 2 is 1.80 bits per heavy atom. The average Bonchev–Trinajstić information content (AvgIpc) is 2.94. The van der Waals surface area contributed by atoms with E-state index in [1.807, 2.05) is 32.0 Å². The Labute approximate surface area is 174 Å². The number of hydrogen-bond acceptors (Lipinski definition) is 5. The van der Waals surface area contributed by atoms with Gasteiger partial charge in [-0.25, -0.2) is 4.79 Å². The van der Waals surface area contributed by atoms with Gasteiger partial charge in [0.25, 0.3) is 11.8 Å². The van der Waals surface area contributed by atoms with Crippen molar-refractivity contribution in [2.45, 2.75) is 26.3 Å². The third-order valence-corrected chi connectivity index (χ3v) is 4.94. The molecule has 156 valence electrons. The largest absolute Gasteiger partial charge is 0.454 e. The molecule has 8 heteroatoms. The molecule has 1 fully saturated rings. The van der Waals surface area contributed by atoms with Crippen LogP contribution in [0, 0.1) is 13.8 Å². The number of rotatable bonds is 6. The fraction of sp³-hybridized carbons (Fsp3) is 0.273. The Kier molecular flexibility index (Phi) is 5.86. The van der Waals surface area contributed by atoms with Gasteiger partial charge in [0.1, 0.15) is 12.1 Å². The van der Waals surface area contributed by atoms with Gasteiger partial charge in [-0.1, -0.05) is 42.5 Å². The first-order valence-electron chi connectivity index (χ1n) is 9.43. The molecular formula is C22H23N3O5. The predicted molar refractivity (Wildman–Crippen MR) is 110 cm³/mol. The van der Waals surface area contributed by atoms with Crippen molar-refractivity contribution in [2.24, 2.45) is 0 Å². The molecule has 1 atom stereocenters. The van der Waals surface area contributed by atoms with E-state index >= 15 is 0 Å². The highest BCUT2D eigenvalue weighted by Gasteiger charge is 2.49. The highest BCUT2D eigenvalue weighted by molar-refractivity contribution is 6.09. The van der Waals surface area contributed by atoms with E-state index in [-0.39, 0.29) is 0 Å². The molecule has 0 spiro atoms. The number of amides is 4. The maximum atomic E-state index is 12.8. The van der Waals surface area contributed by atoms with Crippen molar-refractivity contribution in [3.05, 3.63) is 65.2 Å². The standard InChI is InChI=1S/C22H23N3O5/c1-14-9-10-15(2)17(11-14)23-18(26)13-30-19(27)12-25-20(28)22(3,24-21(25)29)16-7-5-4-6-8-16/h4-11H,12-13H2,1-3H3,(H,23,26)(H,24,29)/t22-/m1/s1. The van der Waals surface area contributed by atoms with Crippen molar-refractivity contribution in [1.29, 1.82) is 0 Å². The number of nitrogens with one attached hydrogen (secondary N) is 2. The molecule has 1 heterocycles. The Morgan fingerprint density at radius 1 is 1.10 bits per heavy atom. The summed E-state index contributed by atoms with van der Waals surface area (Å²) >= 11 is 0. The second-order valence-electron chi connectivity index (χ2n) is 7.34. The molecule has 0 aliphatic carbocycles. The second kappa shape index (κ2) is 8.36. The number of nitrogens with zero attached hydrogens (tertiary/aromatic N) is 1. The minimum absolute atomic E-state index is 0.511. The highest BCUT2D eigenvalue weighted by atomic mass is 16.5. The van der Waals surface area contributed by atoms with Gasteiger partial charge in [-0.3, -0.25) is 19.3 Å². The lowest BCUT2D eigenvalue weighted by Gasteiger charge is -2.21. The Bertz CT molecular complexity index is 1010. The average molecular weight is 409 g/mol. The van der Waals surface area contributed by atoms with Crippen molar-refractivity contribution in [3.63, 3.8) is 0 Å². The van der Waals surface area contributed by atoms with E-state index in [0.717, 1.165) is 16.0 Å². The molecule has 2 aromatic rings. The number of benzene rings is 2. The number of ether oxygens (including phenoxy) is 1. The number of carbonyl (C=O) groups excluding carboxylic acids is 4. The van der Waals surface area contributed by atoms with E-state index in [0.29, 0.717) is 11.3 Å². The summed E-state index contributed by atoms with van der Waals surface area (Å²) < 4.78 is 4.95. The van der Waals surface area contributed by atoms with Crippen molar-refractivity contribution in [2.75, 3.05) is 18.5 Å². The summed E-state index contributed by atoms with van der Waals surface area (Å²) in [6, 6.07) is 13.7. The zero-order valence-electron chi connectivity index (χ0n) is 17.0. The van der Waals surface area contributed by atoms with E-state index in [1.54, 1.807) is 37.3 Å². The van der Waals surface area contributed by atoms with E-state index < -0.39 is 42.5 Å². The fourth-order valence-corrected chi connectivity index (χ4v) is 3.19. The number of aryl methyl sites for hydroxylation is 2. The smallest absolute Gasteiger partial charge is 0.326 e. The molecular weight excluding hydrogens is 386 g/mol. The summed E-state index contributed by atoms with van der Waals surface area (Å²) in [5.41, 5.74) is 1.82. The van der Waals surface area contributed by atoms with Gasteiger partial charge in [0.15, 0.2) is 6.61 Å². The summed E-state index contributed by atoms with van der Waals surface area (Å²) in [4.78, 5) is 50.1. The SMILES string of the molecule is Cc1ccc(C)c(NC(=O)COC(=O)CN2C(=O)N[C@](C)(c3ccccc3)C2=O)c1. The summed E-state index contributed by atoms with van der Waals surface area (Å²) in [6.45, 7) is 4.22. The number of hydrogen-bond donors (Lipinski definition) is 2. The van der Waals surface area contributed by atoms with Gasteiger partial charge < -0.3 is 15.4 Å². The molecule has 2 N–H and O–H groups in total. The van der Waals surface area contributed by atoms with E-state index in [4.69, 9.17) is 4.74 Å². The maximum absolute atomic E-state index is 12.8. The summed E-state index contributed by atoms with van der Waals surface area (Å²) in [7, 11) is 0. The van der Waals surface area contributed by atoms with Crippen LogP contribution in [0.25, 0.3) is 0 Å². The molecule has 1 aliphatic heterocycles. The van der Waals surface area contributed by atoms with Crippen LogP contribution in [0.2, 0.25) is 0 Å². The van der Waals surface area contributed by atoms with Gasteiger partial charge in [-0.2, -0.15) is 0 Å². The van der Waals surface area contributed by atoms with E-state index in [2.05, 4.69) is 10.6 Å². The number of imide groups is 1. The third-order valence-electron chi connectivity index (χ3n) is 4.94. The normalized spacial score (nSPS) is 18.2. The number of carbonyl (C=O) groups is 4. The lowest BCUT2D eigenvalue weighted by atomic mass is 9.92. The van der Waals surface area contributed by atoms with Crippen molar-refractivity contribution in [3.8, 4) is 0 Å². The zero-order valence-corrected chi connectivity index (χ0v) is 17.0. The summed E-state index contributed by atoms with van der Waals surface area (Å²) in [5.74, 6) is -1.93. The predicted octanol–water partition coefficient (Wildman–Crippen LogP) is 2.25. The lowest BCUT2D eigenvalue weighted by Crippen LogP contribution is -2.41. The topological polar surface area (TPSA) is 105 Å². The molecule has 2 aromatic carbocycles. The molecule has 4 amide bonds. The number of esters is 1. The molecule has 0 unspecified atom stereocenters. The van der Waals surface area contributed by atoms with Gasteiger partial charge in [-0.05, 0) is 43.5 Å². The Balaban J connectivity index is 1.57. The van der Waals surface area contributed by atoms with Gasteiger partial charge in [0.2, 0.25) is 0 Å². The maximum Gasteiger partial charge on any atom is 0.326 e. The van der Waals surface area contributed by atoms with E-state index in [1.165, 1.54) is 0 Å². The van der Waals surface area contributed by atoms with Crippen LogP contribution in [0.5, 0.6) is 0 Å². The Morgan fingerprint density at radius 3 is 2.50 bits per heavy atom. The first-order valence-corrected chi connectivity index (χ1v) is 9.43. The molecule has 30 heavy (non-hydrogen) atoms. The Hall–Kier alpha value is -3.68. The first-order chi connectivity index (χ1) is 14.2. The molecule has 0 bridgehead atoms. The van der Waals surface area contributed by atoms with E-state index in [9.17, 15) is 19.2 Å². The quantitative estimate of drug-likeness (QED) is 0.562. The minimum atomic E-state index is -1.27. The fourth-order valence-electron chi connectivity index (χ4n) is 3.19. The van der Waals surface area contributed by atoms with Crippen LogP contribution < -0.4 is 10.6 Å². The van der Waals surface area contributed by atoms with Crippen LogP contribution in [0.4, 0.5) is 10.5 Å². The molecule has 0 saturated carbocycles. The number of anilines is 1. The number of urea groups is 1. The van der Waals surface area contributed by atoms with Gasteiger partial charge in [-0.15, -0.1) is 0 Å². The van der Waals surface area contributed by atoms with Crippen molar-refractivity contribution < 1.29 is 23.9 Å². The van der Waals surface area contributed by atoms with Crippen LogP contribution >= 0.6 is 0 Å². The minimum Gasteiger partial charge on any atom is -0.454 e. The summed E-state index contributed by atoms with van der Waals surface area (Å²) in [6.07, 6.45) is 0. The molecule has 1 aliphatic rings. The molecule has 0 aromatic heterocycles. The van der Waals surface area contributed by atoms with Gasteiger partial charge >= 0.3 is 12.0 Å². The van der Waals surface area contributed by atoms with Crippen LogP contribution in [-0.4, -0.2) is 41.9 Å². The molecule has 0 radical (unpaired) electrons. The first kappa shape index (κ1) is 21.0. The van der Waals surface area contributed by atoms with Crippen molar-refractivity contribution in [1.82, 2.24) is 10.2 Å². The van der Waals surface area contributed by atoms with Crippen LogP contribution in [0.1, 0.15) is 23.6 Å². The highest BCUT2D eigenvalue weighted by Crippen LogP contribution is 2.28. The van der Waals surface area contributed by atoms with Crippen molar-refractivity contribution >= 4 is 29.5 Å². The van der Waals surface area contributed by atoms with Crippen LogP contribution in [0.15, 0.2) is 48.5 Å². The van der Waals surface area contributed by atoms with Gasteiger partial charge in [0.05, 0.1) is 0 Å². The van der Waals surface area contributed by atoms with Gasteiger partial charge in [0, 0.05) is 5.69 Å². The molecule has 3 rings (SSSR count). The molecule has 1 saturated heterocycles. The monoisotopic (exact) mass is 409 g/mol. The lowest BCUT2D eigenvalue weighted by molar-refractivity contribution is -0.150. The zero-order chi connectivity index (χ0) is 21.9. The van der Waals surface area contributed by atoms with Crippen LogP contribution in [0.3, 0.4) is 0 Å². The second-order valence-corrected chi connectivity index (χ2v) is 7.34. The van der Waals surface area contributed by atoms with Crippen LogP contribution in [-0.2, 0) is 24.7 Å².